The topological polar surface area (TPSA) is 38.3 Å². The minimum Gasteiger partial charge on any atom is -0.460 e. The first-order valence-corrected chi connectivity index (χ1v) is 6.48. The van der Waals surface area contributed by atoms with Crippen molar-refractivity contribution in [3.63, 3.8) is 0 Å². The van der Waals surface area contributed by atoms with E-state index in [-0.39, 0.29) is 18.2 Å². The predicted molar refractivity (Wildman–Crippen MR) is 73.1 cm³/mol. The van der Waals surface area contributed by atoms with Crippen LogP contribution in [0.3, 0.4) is 0 Å². The number of esters is 1. The molecule has 1 rings (SSSR count). The van der Waals surface area contributed by atoms with E-state index in [1.807, 2.05) is 20.8 Å². The molecule has 1 aromatic carbocycles. The number of hydrogen-bond donors (Lipinski definition) is 1. The fraction of sp³-hybridized carbons (Fsp3) is 0.462. The second kappa shape index (κ2) is 6.18. The van der Waals surface area contributed by atoms with Gasteiger partial charge in [0.25, 0.3) is 0 Å². The molecule has 3 nitrogen and oxygen atoms in total. The van der Waals surface area contributed by atoms with E-state index in [2.05, 4.69) is 21.2 Å². The Morgan fingerprint density at radius 1 is 1.44 bits per heavy atom. The van der Waals surface area contributed by atoms with Crippen LogP contribution in [0.1, 0.15) is 27.2 Å². The summed E-state index contributed by atoms with van der Waals surface area (Å²) < 4.78 is 18.5. The number of hydrogen-bond acceptors (Lipinski definition) is 3. The van der Waals surface area contributed by atoms with Crippen LogP contribution in [0.5, 0.6) is 0 Å². The number of carbonyl (C=O) groups excluding carboxylic acids is 1. The number of ether oxygens (including phenoxy) is 1. The van der Waals surface area contributed by atoms with Gasteiger partial charge < -0.3 is 10.1 Å². The zero-order chi connectivity index (χ0) is 13.8. The Morgan fingerprint density at radius 3 is 2.67 bits per heavy atom. The molecule has 0 atom stereocenters. The Bertz CT molecular complexity index is 429. The van der Waals surface area contributed by atoms with Crippen molar-refractivity contribution in [1.29, 1.82) is 0 Å². The van der Waals surface area contributed by atoms with Crippen molar-refractivity contribution >= 4 is 27.6 Å². The van der Waals surface area contributed by atoms with Crippen LogP contribution in [-0.2, 0) is 9.53 Å². The lowest BCUT2D eigenvalue weighted by molar-refractivity contribution is -0.154. The molecule has 5 heteroatoms. The summed E-state index contributed by atoms with van der Waals surface area (Å²) in [5.74, 6) is -0.566. The largest absolute Gasteiger partial charge is 0.460 e. The van der Waals surface area contributed by atoms with Crippen LogP contribution in [0, 0.1) is 5.82 Å². The SMILES string of the molecule is CC(C)(C)OC(=O)CCNc1ccc(F)c(Br)c1. The summed E-state index contributed by atoms with van der Waals surface area (Å²) in [4.78, 5) is 11.4. The molecule has 0 unspecified atom stereocenters. The van der Waals surface area contributed by atoms with E-state index in [9.17, 15) is 9.18 Å². The lowest BCUT2D eigenvalue weighted by Crippen LogP contribution is -2.25. The van der Waals surface area contributed by atoms with Crippen LogP contribution in [0.25, 0.3) is 0 Å². The van der Waals surface area contributed by atoms with Gasteiger partial charge in [-0.15, -0.1) is 0 Å². The van der Waals surface area contributed by atoms with Crippen molar-refractivity contribution in [3.05, 3.63) is 28.5 Å². The molecular weight excluding hydrogens is 301 g/mol. The molecule has 18 heavy (non-hydrogen) atoms. The maximum Gasteiger partial charge on any atom is 0.308 e. The second-order valence-corrected chi connectivity index (χ2v) is 5.75. The maximum atomic E-state index is 13.0. The van der Waals surface area contributed by atoms with Crippen molar-refractivity contribution in [2.24, 2.45) is 0 Å². The predicted octanol–water partition coefficient (Wildman–Crippen LogP) is 3.73. The number of carbonyl (C=O) groups is 1. The molecule has 0 saturated heterocycles. The van der Waals surface area contributed by atoms with Gasteiger partial charge in [-0.2, -0.15) is 0 Å². The van der Waals surface area contributed by atoms with Crippen LogP contribution in [0.4, 0.5) is 10.1 Å². The second-order valence-electron chi connectivity index (χ2n) is 4.89. The maximum absolute atomic E-state index is 13.0. The van der Waals surface area contributed by atoms with Gasteiger partial charge in [0.1, 0.15) is 11.4 Å². The van der Waals surface area contributed by atoms with Crippen LogP contribution in [0.2, 0.25) is 0 Å². The number of rotatable bonds is 4. The van der Waals surface area contributed by atoms with Gasteiger partial charge in [0.15, 0.2) is 0 Å². The first-order chi connectivity index (χ1) is 8.28. The Labute approximate surface area is 115 Å². The van der Waals surface area contributed by atoms with E-state index >= 15 is 0 Å². The summed E-state index contributed by atoms with van der Waals surface area (Å²) in [6.07, 6.45) is 0.270. The van der Waals surface area contributed by atoms with Gasteiger partial charge in [-0.1, -0.05) is 0 Å². The third-order valence-corrected chi connectivity index (χ3v) is 2.61. The number of nitrogens with one attached hydrogen (secondary N) is 1. The molecule has 0 amide bonds. The summed E-state index contributed by atoms with van der Waals surface area (Å²) in [5.41, 5.74) is 0.294. The monoisotopic (exact) mass is 317 g/mol. The van der Waals surface area contributed by atoms with Gasteiger partial charge in [0.05, 0.1) is 10.9 Å². The zero-order valence-electron chi connectivity index (χ0n) is 10.7. The van der Waals surface area contributed by atoms with Gasteiger partial charge in [0.2, 0.25) is 0 Å². The van der Waals surface area contributed by atoms with Crippen molar-refractivity contribution in [2.75, 3.05) is 11.9 Å². The van der Waals surface area contributed by atoms with Gasteiger partial charge in [-0.05, 0) is 54.9 Å². The highest BCUT2D eigenvalue weighted by Crippen LogP contribution is 2.19. The highest BCUT2D eigenvalue weighted by atomic mass is 79.9. The van der Waals surface area contributed by atoms with Crippen LogP contribution in [-0.4, -0.2) is 18.1 Å². The Balaban J connectivity index is 2.38. The minimum absolute atomic E-state index is 0.254. The summed E-state index contributed by atoms with van der Waals surface area (Å²) in [6.45, 7) is 5.94. The molecule has 100 valence electrons. The van der Waals surface area contributed by atoms with Gasteiger partial charge >= 0.3 is 5.97 Å². The standard InChI is InChI=1S/C13H17BrFNO2/c1-13(2,3)18-12(17)6-7-16-9-4-5-11(15)10(14)8-9/h4-5,8,16H,6-7H2,1-3H3. The summed E-state index contributed by atoms with van der Waals surface area (Å²) in [7, 11) is 0. The van der Waals surface area contributed by atoms with E-state index in [0.717, 1.165) is 5.69 Å². The molecule has 0 radical (unpaired) electrons. The Kier molecular flexibility index (Phi) is 5.14. The lowest BCUT2D eigenvalue weighted by Gasteiger charge is -2.19. The van der Waals surface area contributed by atoms with E-state index in [4.69, 9.17) is 4.74 Å². The molecule has 1 aromatic rings. The van der Waals surface area contributed by atoms with Crippen LogP contribution >= 0.6 is 15.9 Å². The number of benzene rings is 1. The first kappa shape index (κ1) is 15.0. The van der Waals surface area contributed by atoms with E-state index < -0.39 is 5.60 Å². The molecule has 1 N–H and O–H groups in total. The van der Waals surface area contributed by atoms with E-state index in [1.54, 1.807) is 12.1 Å². The molecule has 0 aliphatic heterocycles. The smallest absolute Gasteiger partial charge is 0.308 e. The van der Waals surface area contributed by atoms with E-state index in [1.165, 1.54) is 6.07 Å². The molecule has 0 saturated carbocycles. The minimum atomic E-state index is -0.462. The molecular formula is C13H17BrFNO2. The zero-order valence-corrected chi connectivity index (χ0v) is 12.3. The molecule has 0 bridgehead atoms. The Morgan fingerprint density at radius 2 is 2.11 bits per heavy atom. The Hall–Kier alpha value is -1.10. The fourth-order valence-corrected chi connectivity index (χ4v) is 1.69. The van der Waals surface area contributed by atoms with Crippen molar-refractivity contribution in [3.8, 4) is 0 Å². The third kappa shape index (κ3) is 5.49. The van der Waals surface area contributed by atoms with Gasteiger partial charge in [0, 0.05) is 12.2 Å². The van der Waals surface area contributed by atoms with E-state index in [0.29, 0.717) is 11.0 Å². The number of halogens is 2. The lowest BCUT2D eigenvalue weighted by atomic mass is 10.2. The average Bonchev–Trinajstić information content (AvgIpc) is 2.20. The first-order valence-electron chi connectivity index (χ1n) is 5.69. The molecule has 0 aromatic heterocycles. The third-order valence-electron chi connectivity index (χ3n) is 2.00. The van der Waals surface area contributed by atoms with Crippen molar-refractivity contribution in [1.82, 2.24) is 0 Å². The average molecular weight is 318 g/mol. The van der Waals surface area contributed by atoms with Gasteiger partial charge in [-0.25, -0.2) is 4.39 Å². The molecule has 0 spiro atoms. The molecule has 0 heterocycles. The normalized spacial score (nSPS) is 11.2. The van der Waals surface area contributed by atoms with Gasteiger partial charge in [-0.3, -0.25) is 4.79 Å². The van der Waals surface area contributed by atoms with Crippen molar-refractivity contribution in [2.45, 2.75) is 32.8 Å². The summed E-state index contributed by atoms with van der Waals surface area (Å²) in [5, 5.41) is 3.03. The fourth-order valence-electron chi connectivity index (χ4n) is 1.31. The summed E-state index contributed by atoms with van der Waals surface area (Å²) in [6, 6.07) is 4.61. The van der Waals surface area contributed by atoms with Crippen LogP contribution in [0.15, 0.2) is 22.7 Å². The summed E-state index contributed by atoms with van der Waals surface area (Å²) >= 11 is 3.10. The number of anilines is 1. The highest BCUT2D eigenvalue weighted by molar-refractivity contribution is 9.10. The molecule has 0 fully saturated rings. The quantitative estimate of drug-likeness (QED) is 0.860. The van der Waals surface area contributed by atoms with Crippen molar-refractivity contribution < 1.29 is 13.9 Å². The van der Waals surface area contributed by atoms with Crippen LogP contribution < -0.4 is 5.32 Å². The highest BCUT2D eigenvalue weighted by Gasteiger charge is 2.15. The molecule has 0 aliphatic carbocycles. The molecule has 0 aliphatic rings.